The van der Waals surface area contributed by atoms with Crippen LogP contribution < -0.4 is 0 Å². The van der Waals surface area contributed by atoms with Gasteiger partial charge in [0.2, 0.25) is 0 Å². The standard InChI is InChI=1S/C12H18O/c1-3-5-10(4-2)11-6-8-12(13)9-7-11/h3-5,11H,6-9H2,1-2H3. The Balaban J connectivity index is 2.56. The van der Waals surface area contributed by atoms with Crippen LogP contribution in [0.2, 0.25) is 0 Å². The van der Waals surface area contributed by atoms with Gasteiger partial charge in [0, 0.05) is 12.8 Å². The van der Waals surface area contributed by atoms with Crippen LogP contribution in [0.3, 0.4) is 0 Å². The summed E-state index contributed by atoms with van der Waals surface area (Å²) in [6, 6.07) is 0. The summed E-state index contributed by atoms with van der Waals surface area (Å²) in [5.74, 6) is 1.06. The number of Topliss-reactive ketones (excluding diaryl/α,β-unsaturated/α-hetero) is 1. The van der Waals surface area contributed by atoms with Gasteiger partial charge in [-0.15, -0.1) is 0 Å². The first-order valence-electron chi connectivity index (χ1n) is 5.08. The molecule has 0 N–H and O–H groups in total. The van der Waals surface area contributed by atoms with Crippen molar-refractivity contribution in [1.82, 2.24) is 0 Å². The van der Waals surface area contributed by atoms with E-state index in [0.29, 0.717) is 11.7 Å². The average Bonchev–Trinajstić information content (AvgIpc) is 2.16. The quantitative estimate of drug-likeness (QED) is 0.593. The number of allylic oxidation sites excluding steroid dienone is 4. The molecule has 1 nitrogen and oxygen atoms in total. The predicted molar refractivity (Wildman–Crippen MR) is 55.5 cm³/mol. The lowest BCUT2D eigenvalue weighted by molar-refractivity contribution is -0.120. The van der Waals surface area contributed by atoms with Gasteiger partial charge in [0.1, 0.15) is 5.78 Å². The van der Waals surface area contributed by atoms with Crippen molar-refractivity contribution in [2.24, 2.45) is 5.92 Å². The molecule has 1 heteroatoms. The number of ketones is 1. The van der Waals surface area contributed by atoms with Crippen molar-refractivity contribution in [3.05, 3.63) is 23.8 Å². The van der Waals surface area contributed by atoms with Crippen LogP contribution in [0.15, 0.2) is 23.8 Å². The van der Waals surface area contributed by atoms with E-state index in [4.69, 9.17) is 0 Å². The van der Waals surface area contributed by atoms with Crippen molar-refractivity contribution in [1.29, 1.82) is 0 Å². The van der Waals surface area contributed by atoms with Crippen molar-refractivity contribution in [3.63, 3.8) is 0 Å². The molecule has 0 aromatic rings. The summed E-state index contributed by atoms with van der Waals surface area (Å²) in [7, 11) is 0. The van der Waals surface area contributed by atoms with Gasteiger partial charge in [-0.05, 0) is 38.2 Å². The summed E-state index contributed by atoms with van der Waals surface area (Å²) < 4.78 is 0. The van der Waals surface area contributed by atoms with Gasteiger partial charge < -0.3 is 0 Å². The zero-order valence-corrected chi connectivity index (χ0v) is 8.55. The lowest BCUT2D eigenvalue weighted by Gasteiger charge is -2.21. The molecule has 0 aromatic carbocycles. The zero-order chi connectivity index (χ0) is 9.68. The van der Waals surface area contributed by atoms with E-state index in [1.807, 2.05) is 6.92 Å². The summed E-state index contributed by atoms with van der Waals surface area (Å²) in [4.78, 5) is 11.0. The molecule has 0 aliphatic heterocycles. The molecule has 72 valence electrons. The van der Waals surface area contributed by atoms with Gasteiger partial charge in [0.25, 0.3) is 0 Å². The van der Waals surface area contributed by atoms with E-state index in [-0.39, 0.29) is 0 Å². The SMILES string of the molecule is CC=CC(=CC)C1CCC(=O)CC1. The fourth-order valence-electron chi connectivity index (χ4n) is 1.93. The van der Waals surface area contributed by atoms with Gasteiger partial charge in [-0.2, -0.15) is 0 Å². The van der Waals surface area contributed by atoms with Gasteiger partial charge in [-0.25, -0.2) is 0 Å². The highest BCUT2D eigenvalue weighted by atomic mass is 16.1. The number of hydrogen-bond acceptors (Lipinski definition) is 1. The van der Waals surface area contributed by atoms with Crippen LogP contribution in [0.4, 0.5) is 0 Å². The topological polar surface area (TPSA) is 17.1 Å². The van der Waals surface area contributed by atoms with Crippen molar-refractivity contribution in [2.75, 3.05) is 0 Å². The average molecular weight is 178 g/mol. The highest BCUT2D eigenvalue weighted by molar-refractivity contribution is 5.79. The third-order valence-electron chi connectivity index (χ3n) is 2.71. The second-order valence-corrected chi connectivity index (χ2v) is 3.60. The van der Waals surface area contributed by atoms with Crippen molar-refractivity contribution in [2.45, 2.75) is 39.5 Å². The molecule has 0 saturated heterocycles. The lowest BCUT2D eigenvalue weighted by atomic mass is 9.83. The molecule has 0 bridgehead atoms. The number of rotatable bonds is 2. The van der Waals surface area contributed by atoms with E-state index in [1.165, 1.54) is 5.57 Å². The third kappa shape index (κ3) is 2.83. The molecule has 0 spiro atoms. The van der Waals surface area contributed by atoms with Crippen molar-refractivity contribution in [3.8, 4) is 0 Å². The van der Waals surface area contributed by atoms with Gasteiger partial charge in [-0.3, -0.25) is 4.79 Å². The lowest BCUT2D eigenvalue weighted by Crippen LogP contribution is -2.14. The molecule has 1 aliphatic carbocycles. The maximum Gasteiger partial charge on any atom is 0.132 e. The highest BCUT2D eigenvalue weighted by Gasteiger charge is 2.19. The van der Waals surface area contributed by atoms with Crippen molar-refractivity contribution < 1.29 is 4.79 Å². The third-order valence-corrected chi connectivity index (χ3v) is 2.71. The molecule has 0 radical (unpaired) electrons. The minimum atomic E-state index is 0.437. The summed E-state index contributed by atoms with van der Waals surface area (Å²) in [6.45, 7) is 4.11. The molecule has 1 aliphatic rings. The van der Waals surface area contributed by atoms with Crippen LogP contribution in [0.25, 0.3) is 0 Å². The van der Waals surface area contributed by atoms with Crippen LogP contribution in [-0.2, 0) is 4.79 Å². The van der Waals surface area contributed by atoms with Gasteiger partial charge in [-0.1, -0.05) is 18.2 Å². The second-order valence-electron chi connectivity index (χ2n) is 3.60. The van der Waals surface area contributed by atoms with Crippen molar-refractivity contribution >= 4 is 5.78 Å². The van der Waals surface area contributed by atoms with E-state index in [9.17, 15) is 4.79 Å². The highest BCUT2D eigenvalue weighted by Crippen LogP contribution is 2.28. The molecule has 0 aromatic heterocycles. The monoisotopic (exact) mass is 178 g/mol. The molecular weight excluding hydrogens is 160 g/mol. The van der Waals surface area contributed by atoms with E-state index in [1.54, 1.807) is 0 Å². The maximum absolute atomic E-state index is 11.0. The molecule has 1 fully saturated rings. The van der Waals surface area contributed by atoms with Crippen LogP contribution in [-0.4, -0.2) is 5.78 Å². The maximum atomic E-state index is 11.0. The fraction of sp³-hybridized carbons (Fsp3) is 0.583. The summed E-state index contributed by atoms with van der Waals surface area (Å²) in [6.07, 6.45) is 10.1. The Kier molecular flexibility index (Phi) is 3.94. The second kappa shape index (κ2) is 5.00. The predicted octanol–water partition coefficient (Wildman–Crippen LogP) is 3.27. The first-order valence-corrected chi connectivity index (χ1v) is 5.08. The molecule has 0 heterocycles. The first kappa shape index (κ1) is 10.2. The Bertz CT molecular complexity index is 226. The number of carbonyl (C=O) groups is 1. The molecule has 1 saturated carbocycles. The number of carbonyl (C=O) groups excluding carboxylic acids is 1. The normalized spacial score (nSPS) is 21.4. The Morgan fingerprint density at radius 3 is 2.38 bits per heavy atom. The fourth-order valence-corrected chi connectivity index (χ4v) is 1.93. The molecule has 13 heavy (non-hydrogen) atoms. The number of hydrogen-bond donors (Lipinski definition) is 0. The molecule has 0 amide bonds. The summed E-state index contributed by atoms with van der Waals surface area (Å²) in [5.41, 5.74) is 1.40. The Morgan fingerprint density at radius 2 is 1.92 bits per heavy atom. The van der Waals surface area contributed by atoms with Crippen LogP contribution in [0.1, 0.15) is 39.5 Å². The van der Waals surface area contributed by atoms with E-state index in [2.05, 4.69) is 25.2 Å². The van der Waals surface area contributed by atoms with E-state index >= 15 is 0 Å². The molecule has 0 unspecified atom stereocenters. The van der Waals surface area contributed by atoms with Crippen LogP contribution in [0, 0.1) is 5.92 Å². The largest absolute Gasteiger partial charge is 0.300 e. The summed E-state index contributed by atoms with van der Waals surface area (Å²) in [5, 5.41) is 0. The molecule has 1 rings (SSSR count). The van der Waals surface area contributed by atoms with Crippen LogP contribution in [0.5, 0.6) is 0 Å². The van der Waals surface area contributed by atoms with Gasteiger partial charge in [0.05, 0.1) is 0 Å². The van der Waals surface area contributed by atoms with E-state index < -0.39 is 0 Å². The van der Waals surface area contributed by atoms with Gasteiger partial charge >= 0.3 is 0 Å². The Morgan fingerprint density at radius 1 is 1.31 bits per heavy atom. The first-order chi connectivity index (χ1) is 6.27. The molecule has 0 atom stereocenters. The smallest absolute Gasteiger partial charge is 0.132 e. The summed E-state index contributed by atoms with van der Waals surface area (Å²) >= 11 is 0. The zero-order valence-electron chi connectivity index (χ0n) is 8.55. The Hall–Kier alpha value is -0.850. The minimum Gasteiger partial charge on any atom is -0.300 e. The molecular formula is C12H18O. The Labute approximate surface area is 80.5 Å². The minimum absolute atomic E-state index is 0.437. The van der Waals surface area contributed by atoms with E-state index in [0.717, 1.165) is 25.7 Å². The van der Waals surface area contributed by atoms with Crippen LogP contribution >= 0.6 is 0 Å². The van der Waals surface area contributed by atoms with Gasteiger partial charge in [0.15, 0.2) is 0 Å².